The van der Waals surface area contributed by atoms with Crippen LogP contribution in [0.5, 0.6) is 0 Å². The Morgan fingerprint density at radius 2 is 2.16 bits per heavy atom. The number of hydrogen-bond acceptors (Lipinski definition) is 3. The van der Waals surface area contributed by atoms with Gasteiger partial charge in [0.2, 0.25) is 10.0 Å². The van der Waals surface area contributed by atoms with E-state index in [2.05, 4.69) is 5.92 Å². The molecule has 1 saturated carbocycles. The van der Waals surface area contributed by atoms with Gasteiger partial charge in [0.15, 0.2) is 0 Å². The van der Waals surface area contributed by atoms with Crippen LogP contribution in [0.3, 0.4) is 0 Å². The number of terminal acetylenes is 1. The highest BCUT2D eigenvalue weighted by atomic mass is 32.2. The summed E-state index contributed by atoms with van der Waals surface area (Å²) in [6, 6.07) is 6.94. The number of anilines is 1. The maximum atomic E-state index is 12.4. The number of nitrogens with two attached hydrogens (primary N) is 1. The van der Waals surface area contributed by atoms with E-state index in [0.29, 0.717) is 23.7 Å². The van der Waals surface area contributed by atoms with Crippen molar-refractivity contribution in [1.29, 1.82) is 0 Å². The molecule has 0 atom stereocenters. The van der Waals surface area contributed by atoms with E-state index in [1.165, 1.54) is 4.31 Å². The second-order valence-corrected chi connectivity index (χ2v) is 6.91. The van der Waals surface area contributed by atoms with Gasteiger partial charge >= 0.3 is 0 Å². The molecule has 0 amide bonds. The van der Waals surface area contributed by atoms with Crippen LogP contribution in [0.1, 0.15) is 18.4 Å². The summed E-state index contributed by atoms with van der Waals surface area (Å²) in [5.74, 6) is 2.85. The van der Waals surface area contributed by atoms with E-state index in [1.54, 1.807) is 24.3 Å². The summed E-state index contributed by atoms with van der Waals surface area (Å²) in [4.78, 5) is 0. The van der Waals surface area contributed by atoms with Crippen molar-refractivity contribution < 1.29 is 8.42 Å². The Hall–Kier alpha value is -1.51. The van der Waals surface area contributed by atoms with Gasteiger partial charge in [-0.1, -0.05) is 18.1 Å². The van der Waals surface area contributed by atoms with Crippen LogP contribution in [0.4, 0.5) is 5.69 Å². The number of hydrogen-bond donors (Lipinski definition) is 1. The summed E-state index contributed by atoms with van der Waals surface area (Å²) in [5, 5.41) is 0. The molecule has 1 aromatic rings. The second-order valence-electron chi connectivity index (χ2n) is 4.94. The molecule has 2 N–H and O–H groups in total. The molecule has 0 saturated heterocycles. The standard InChI is InChI=1S/C14H18N2O2S/c1-2-8-16(10-12-6-7-12)19(17,18)11-13-4-3-5-14(15)9-13/h1,3-5,9,12H,6-8,10-11,15H2. The first-order valence-electron chi connectivity index (χ1n) is 6.27. The summed E-state index contributed by atoms with van der Waals surface area (Å²) < 4.78 is 26.1. The summed E-state index contributed by atoms with van der Waals surface area (Å²) in [6.07, 6.45) is 7.45. The third kappa shape index (κ3) is 3.98. The van der Waals surface area contributed by atoms with Crippen molar-refractivity contribution >= 4 is 15.7 Å². The van der Waals surface area contributed by atoms with Gasteiger partial charge in [-0.3, -0.25) is 0 Å². The maximum Gasteiger partial charge on any atom is 0.219 e. The Bertz CT molecular complexity index is 586. The third-order valence-electron chi connectivity index (χ3n) is 3.12. The van der Waals surface area contributed by atoms with E-state index < -0.39 is 10.0 Å². The Labute approximate surface area is 114 Å². The first-order valence-corrected chi connectivity index (χ1v) is 7.88. The summed E-state index contributed by atoms with van der Waals surface area (Å²) in [7, 11) is -3.37. The molecule has 1 aliphatic rings. The van der Waals surface area contributed by atoms with Gasteiger partial charge in [0, 0.05) is 12.2 Å². The van der Waals surface area contributed by atoms with Crippen LogP contribution in [0, 0.1) is 18.3 Å². The highest BCUT2D eigenvalue weighted by Gasteiger charge is 2.30. The molecule has 1 aliphatic carbocycles. The number of benzene rings is 1. The zero-order chi connectivity index (χ0) is 13.9. The number of nitrogens with zero attached hydrogens (tertiary/aromatic N) is 1. The molecule has 0 heterocycles. The van der Waals surface area contributed by atoms with Gasteiger partial charge in [-0.15, -0.1) is 6.42 Å². The zero-order valence-corrected chi connectivity index (χ0v) is 11.6. The predicted molar refractivity (Wildman–Crippen MR) is 76.6 cm³/mol. The van der Waals surface area contributed by atoms with Gasteiger partial charge in [0.25, 0.3) is 0 Å². The largest absolute Gasteiger partial charge is 0.399 e. The molecule has 5 heteroatoms. The lowest BCUT2D eigenvalue weighted by Crippen LogP contribution is -2.34. The molecule has 102 valence electrons. The van der Waals surface area contributed by atoms with Gasteiger partial charge in [-0.05, 0) is 36.5 Å². The van der Waals surface area contributed by atoms with Crippen LogP contribution in [0.2, 0.25) is 0 Å². The summed E-state index contributed by atoms with van der Waals surface area (Å²) in [6.45, 7) is 0.677. The van der Waals surface area contributed by atoms with Crippen molar-refractivity contribution in [1.82, 2.24) is 4.31 Å². The fourth-order valence-corrected chi connectivity index (χ4v) is 3.44. The molecule has 0 radical (unpaired) electrons. The highest BCUT2D eigenvalue weighted by Crippen LogP contribution is 2.30. The first kappa shape index (κ1) is 13.9. The Morgan fingerprint density at radius 1 is 1.42 bits per heavy atom. The van der Waals surface area contributed by atoms with Gasteiger partial charge in [-0.2, -0.15) is 4.31 Å². The van der Waals surface area contributed by atoms with E-state index >= 15 is 0 Å². The fraction of sp³-hybridized carbons (Fsp3) is 0.429. The van der Waals surface area contributed by atoms with E-state index in [-0.39, 0.29) is 12.3 Å². The van der Waals surface area contributed by atoms with E-state index in [0.717, 1.165) is 12.8 Å². The molecule has 2 rings (SSSR count). The lowest BCUT2D eigenvalue weighted by Gasteiger charge is -2.19. The van der Waals surface area contributed by atoms with Gasteiger partial charge in [0.05, 0.1) is 12.3 Å². The molecule has 1 aromatic carbocycles. The SMILES string of the molecule is C#CCN(CC1CC1)S(=O)(=O)Cc1cccc(N)c1. The minimum Gasteiger partial charge on any atom is -0.399 e. The molecule has 4 nitrogen and oxygen atoms in total. The lowest BCUT2D eigenvalue weighted by molar-refractivity contribution is 0.429. The van der Waals surface area contributed by atoms with Gasteiger partial charge in [-0.25, -0.2) is 8.42 Å². The maximum absolute atomic E-state index is 12.4. The van der Waals surface area contributed by atoms with E-state index in [1.807, 2.05) is 0 Å². The molecule has 0 spiro atoms. The van der Waals surface area contributed by atoms with Crippen molar-refractivity contribution in [3.05, 3.63) is 29.8 Å². The zero-order valence-electron chi connectivity index (χ0n) is 10.7. The number of nitrogen functional groups attached to an aromatic ring is 1. The number of sulfonamides is 1. The molecular weight excluding hydrogens is 260 g/mol. The second kappa shape index (κ2) is 5.64. The van der Waals surface area contributed by atoms with Crippen LogP contribution >= 0.6 is 0 Å². The van der Waals surface area contributed by atoms with Crippen molar-refractivity contribution in [2.45, 2.75) is 18.6 Å². The lowest BCUT2D eigenvalue weighted by atomic mass is 10.2. The average molecular weight is 278 g/mol. The van der Waals surface area contributed by atoms with Crippen LogP contribution in [-0.2, 0) is 15.8 Å². The topological polar surface area (TPSA) is 63.4 Å². The molecule has 0 aromatic heterocycles. The highest BCUT2D eigenvalue weighted by molar-refractivity contribution is 7.88. The minimum atomic E-state index is -3.37. The van der Waals surface area contributed by atoms with Crippen LogP contribution in [0.15, 0.2) is 24.3 Å². The van der Waals surface area contributed by atoms with Gasteiger partial charge < -0.3 is 5.73 Å². The average Bonchev–Trinajstić information content (AvgIpc) is 3.12. The van der Waals surface area contributed by atoms with Gasteiger partial charge in [0.1, 0.15) is 0 Å². The van der Waals surface area contributed by atoms with Crippen LogP contribution in [-0.4, -0.2) is 25.8 Å². The Kier molecular flexibility index (Phi) is 4.13. The van der Waals surface area contributed by atoms with Crippen LogP contribution < -0.4 is 5.73 Å². The summed E-state index contributed by atoms with van der Waals surface area (Å²) in [5.41, 5.74) is 6.92. The van der Waals surface area contributed by atoms with Crippen molar-refractivity contribution in [2.75, 3.05) is 18.8 Å². The Balaban J connectivity index is 2.12. The third-order valence-corrected chi connectivity index (χ3v) is 4.88. The smallest absolute Gasteiger partial charge is 0.219 e. The van der Waals surface area contributed by atoms with Crippen LogP contribution in [0.25, 0.3) is 0 Å². The quantitative estimate of drug-likeness (QED) is 0.632. The molecule has 0 aliphatic heterocycles. The number of rotatable bonds is 6. The minimum absolute atomic E-state index is 0.0492. The first-order chi connectivity index (χ1) is 9.01. The fourth-order valence-electron chi connectivity index (χ4n) is 1.95. The molecule has 0 unspecified atom stereocenters. The van der Waals surface area contributed by atoms with E-state index in [4.69, 9.17) is 12.2 Å². The van der Waals surface area contributed by atoms with E-state index in [9.17, 15) is 8.42 Å². The normalized spacial score (nSPS) is 15.4. The Morgan fingerprint density at radius 3 is 2.74 bits per heavy atom. The molecule has 19 heavy (non-hydrogen) atoms. The molecule has 1 fully saturated rings. The molecular formula is C14H18N2O2S. The van der Waals surface area contributed by atoms with Crippen molar-refractivity contribution in [2.24, 2.45) is 5.92 Å². The van der Waals surface area contributed by atoms with Crippen molar-refractivity contribution in [3.63, 3.8) is 0 Å². The van der Waals surface area contributed by atoms with Crippen molar-refractivity contribution in [3.8, 4) is 12.3 Å². The monoisotopic (exact) mass is 278 g/mol. The molecule has 0 bridgehead atoms. The predicted octanol–water partition coefficient (Wildman–Crippen LogP) is 1.44. The summed E-state index contributed by atoms with van der Waals surface area (Å²) >= 11 is 0.